The fraction of sp³-hybridized carbons (Fsp3) is 0.263. The molecule has 6 nitrogen and oxygen atoms in total. The van der Waals surface area contributed by atoms with Gasteiger partial charge in [-0.15, -0.1) is 0 Å². The van der Waals surface area contributed by atoms with E-state index in [4.69, 9.17) is 4.74 Å². The van der Waals surface area contributed by atoms with Crippen LogP contribution in [0.5, 0.6) is 11.5 Å². The number of hydrogen-bond acceptors (Lipinski definition) is 4. The summed E-state index contributed by atoms with van der Waals surface area (Å²) in [6.45, 7) is 1.70. The van der Waals surface area contributed by atoms with Crippen molar-refractivity contribution in [1.82, 2.24) is 9.80 Å². The average molecular weight is 419 g/mol. The summed E-state index contributed by atoms with van der Waals surface area (Å²) in [6.07, 6.45) is 0. The molecule has 0 spiro atoms. The predicted molar refractivity (Wildman–Crippen MR) is 100 cm³/mol. The van der Waals surface area contributed by atoms with E-state index in [1.54, 1.807) is 40.1 Å². The first kappa shape index (κ1) is 18.3. The van der Waals surface area contributed by atoms with Crippen LogP contribution in [-0.2, 0) is 4.79 Å². The van der Waals surface area contributed by atoms with E-state index in [0.29, 0.717) is 31.9 Å². The van der Waals surface area contributed by atoms with Crippen LogP contribution in [0.1, 0.15) is 10.4 Å². The minimum absolute atomic E-state index is 0.0292. The summed E-state index contributed by atoms with van der Waals surface area (Å²) in [5, 5.41) is 9.82. The molecule has 1 heterocycles. The second-order valence-corrected chi connectivity index (χ2v) is 6.85. The maximum absolute atomic E-state index is 12.5. The largest absolute Gasteiger partial charge is 0.507 e. The average Bonchev–Trinajstić information content (AvgIpc) is 2.66. The molecule has 7 heteroatoms. The molecule has 26 heavy (non-hydrogen) atoms. The van der Waals surface area contributed by atoms with Gasteiger partial charge in [0.1, 0.15) is 11.5 Å². The molecule has 1 aliphatic rings. The van der Waals surface area contributed by atoms with Crippen LogP contribution in [0.2, 0.25) is 0 Å². The molecule has 136 valence electrons. The number of phenols is 1. The monoisotopic (exact) mass is 418 g/mol. The van der Waals surface area contributed by atoms with Gasteiger partial charge in [0, 0.05) is 30.7 Å². The van der Waals surface area contributed by atoms with Crippen molar-refractivity contribution >= 4 is 27.7 Å². The highest BCUT2D eigenvalue weighted by Crippen LogP contribution is 2.19. The van der Waals surface area contributed by atoms with Gasteiger partial charge < -0.3 is 19.6 Å². The van der Waals surface area contributed by atoms with Gasteiger partial charge in [0.25, 0.3) is 11.8 Å². The Kier molecular flexibility index (Phi) is 5.78. The molecule has 3 rings (SSSR count). The fourth-order valence-electron chi connectivity index (χ4n) is 2.78. The topological polar surface area (TPSA) is 70.1 Å². The van der Waals surface area contributed by atoms with Crippen LogP contribution < -0.4 is 4.74 Å². The first-order valence-electron chi connectivity index (χ1n) is 8.28. The summed E-state index contributed by atoms with van der Waals surface area (Å²) in [4.78, 5) is 28.1. The zero-order valence-corrected chi connectivity index (χ0v) is 15.7. The molecule has 2 amide bonds. The van der Waals surface area contributed by atoms with Crippen LogP contribution in [0.25, 0.3) is 0 Å². The van der Waals surface area contributed by atoms with Crippen LogP contribution in [-0.4, -0.2) is 59.5 Å². The Morgan fingerprint density at radius 3 is 2.38 bits per heavy atom. The number of ether oxygens (including phenoxy) is 1. The number of carbonyl (C=O) groups excluding carboxylic acids is 2. The SMILES string of the molecule is O=C(COc1cccc(Br)c1)N1CCN(C(=O)c2ccccc2O)CC1. The number of nitrogens with zero attached hydrogens (tertiary/aromatic N) is 2. The standard InChI is InChI=1S/C19H19BrN2O4/c20-14-4-3-5-15(12-14)26-13-18(24)21-8-10-22(11-9-21)19(25)16-6-1-2-7-17(16)23/h1-7,12,23H,8-11,13H2. The van der Waals surface area contributed by atoms with Crippen molar-refractivity contribution < 1.29 is 19.4 Å². The Morgan fingerprint density at radius 1 is 1.00 bits per heavy atom. The van der Waals surface area contributed by atoms with Gasteiger partial charge >= 0.3 is 0 Å². The van der Waals surface area contributed by atoms with Gasteiger partial charge in [-0.2, -0.15) is 0 Å². The van der Waals surface area contributed by atoms with Crippen molar-refractivity contribution in [3.63, 3.8) is 0 Å². The second-order valence-electron chi connectivity index (χ2n) is 5.94. The molecule has 0 atom stereocenters. The molecule has 2 aromatic carbocycles. The number of hydrogen-bond donors (Lipinski definition) is 1. The number of halogens is 1. The van der Waals surface area contributed by atoms with Crippen molar-refractivity contribution in [2.45, 2.75) is 0 Å². The maximum atomic E-state index is 12.5. The fourth-order valence-corrected chi connectivity index (χ4v) is 3.16. The lowest BCUT2D eigenvalue weighted by atomic mass is 10.1. The first-order chi connectivity index (χ1) is 12.5. The molecule has 0 aromatic heterocycles. The van der Waals surface area contributed by atoms with Crippen molar-refractivity contribution in [1.29, 1.82) is 0 Å². The van der Waals surface area contributed by atoms with Crippen molar-refractivity contribution in [3.05, 3.63) is 58.6 Å². The Morgan fingerprint density at radius 2 is 1.69 bits per heavy atom. The molecule has 0 bridgehead atoms. The molecule has 0 radical (unpaired) electrons. The van der Waals surface area contributed by atoms with E-state index in [9.17, 15) is 14.7 Å². The quantitative estimate of drug-likeness (QED) is 0.827. The number of carbonyl (C=O) groups is 2. The van der Waals surface area contributed by atoms with Gasteiger partial charge in [0.2, 0.25) is 0 Å². The number of aromatic hydroxyl groups is 1. The van der Waals surface area contributed by atoms with Crippen LogP contribution in [0.3, 0.4) is 0 Å². The number of piperazine rings is 1. The van der Waals surface area contributed by atoms with E-state index in [1.807, 2.05) is 12.1 Å². The Balaban J connectivity index is 1.51. The normalized spacial score (nSPS) is 14.2. The zero-order valence-electron chi connectivity index (χ0n) is 14.1. The van der Waals surface area contributed by atoms with Crippen molar-refractivity contribution in [3.8, 4) is 11.5 Å². The van der Waals surface area contributed by atoms with Gasteiger partial charge in [-0.3, -0.25) is 9.59 Å². The molecule has 0 saturated carbocycles. The number of amides is 2. The predicted octanol–water partition coefficient (Wildman–Crippen LogP) is 2.52. The molecule has 1 aliphatic heterocycles. The molecule has 0 unspecified atom stereocenters. The minimum atomic E-state index is -0.222. The molecular weight excluding hydrogens is 400 g/mol. The summed E-state index contributed by atoms with van der Waals surface area (Å²) in [7, 11) is 0. The van der Waals surface area contributed by atoms with Crippen LogP contribution >= 0.6 is 15.9 Å². The van der Waals surface area contributed by atoms with Crippen LogP contribution in [0.4, 0.5) is 0 Å². The lowest BCUT2D eigenvalue weighted by Crippen LogP contribution is -2.51. The molecule has 1 N–H and O–H groups in total. The molecule has 1 saturated heterocycles. The molecule has 2 aromatic rings. The molecular formula is C19H19BrN2O4. The highest BCUT2D eigenvalue weighted by atomic mass is 79.9. The zero-order chi connectivity index (χ0) is 18.5. The summed E-state index contributed by atoms with van der Waals surface area (Å²) in [6, 6.07) is 13.8. The third-order valence-electron chi connectivity index (χ3n) is 4.21. The summed E-state index contributed by atoms with van der Waals surface area (Å²) < 4.78 is 6.41. The highest BCUT2D eigenvalue weighted by Gasteiger charge is 2.26. The Labute approximate surface area is 160 Å². The summed E-state index contributed by atoms with van der Waals surface area (Å²) in [5.74, 6) is 0.264. The highest BCUT2D eigenvalue weighted by molar-refractivity contribution is 9.10. The lowest BCUT2D eigenvalue weighted by molar-refractivity contribution is -0.134. The molecule has 0 aliphatic carbocycles. The maximum Gasteiger partial charge on any atom is 0.260 e. The van der Waals surface area contributed by atoms with Crippen LogP contribution in [0.15, 0.2) is 53.0 Å². The van der Waals surface area contributed by atoms with Gasteiger partial charge in [0.05, 0.1) is 5.56 Å². The van der Waals surface area contributed by atoms with Crippen molar-refractivity contribution in [2.24, 2.45) is 0 Å². The summed E-state index contributed by atoms with van der Waals surface area (Å²) >= 11 is 3.36. The van der Waals surface area contributed by atoms with E-state index >= 15 is 0 Å². The lowest BCUT2D eigenvalue weighted by Gasteiger charge is -2.34. The van der Waals surface area contributed by atoms with Crippen molar-refractivity contribution in [2.75, 3.05) is 32.8 Å². The summed E-state index contributed by atoms with van der Waals surface area (Å²) in [5.41, 5.74) is 0.283. The van der Waals surface area contributed by atoms with E-state index in [-0.39, 0.29) is 29.7 Å². The van der Waals surface area contributed by atoms with Gasteiger partial charge in [-0.1, -0.05) is 34.1 Å². The smallest absolute Gasteiger partial charge is 0.260 e. The molecule has 1 fully saturated rings. The first-order valence-corrected chi connectivity index (χ1v) is 9.07. The third-order valence-corrected chi connectivity index (χ3v) is 4.71. The number of para-hydroxylation sites is 1. The van der Waals surface area contributed by atoms with Gasteiger partial charge in [0.15, 0.2) is 6.61 Å². The number of benzene rings is 2. The number of phenolic OH excluding ortho intramolecular Hbond substituents is 1. The second kappa shape index (κ2) is 8.23. The van der Waals surface area contributed by atoms with Crippen LogP contribution in [0, 0.1) is 0 Å². The van der Waals surface area contributed by atoms with E-state index in [0.717, 1.165) is 4.47 Å². The van der Waals surface area contributed by atoms with Gasteiger partial charge in [-0.05, 0) is 30.3 Å². The Bertz CT molecular complexity index is 804. The van der Waals surface area contributed by atoms with E-state index in [1.165, 1.54) is 6.07 Å². The van der Waals surface area contributed by atoms with E-state index < -0.39 is 0 Å². The number of rotatable bonds is 4. The van der Waals surface area contributed by atoms with Gasteiger partial charge in [-0.25, -0.2) is 0 Å². The third kappa shape index (κ3) is 4.35. The Hall–Kier alpha value is -2.54. The van der Waals surface area contributed by atoms with E-state index in [2.05, 4.69) is 15.9 Å². The minimum Gasteiger partial charge on any atom is -0.507 e.